The Balaban J connectivity index is 1.31. The molecule has 3 amide bonds. The number of amides is 3. The number of fused-ring (bicyclic) bond motifs is 1. The highest BCUT2D eigenvalue weighted by Crippen LogP contribution is 2.47. The molecule has 0 aromatic heterocycles. The third-order valence-corrected chi connectivity index (χ3v) is 9.19. The number of rotatable bonds is 13. The van der Waals surface area contributed by atoms with Crippen molar-refractivity contribution >= 4 is 34.8 Å². The van der Waals surface area contributed by atoms with Crippen molar-refractivity contribution in [3.05, 3.63) is 112 Å². The topological polar surface area (TPSA) is 243 Å². The molecule has 52 heavy (non-hydrogen) atoms. The van der Waals surface area contributed by atoms with Gasteiger partial charge in [0.05, 0.1) is 23.8 Å². The monoisotopic (exact) mass is 720 g/mol. The van der Waals surface area contributed by atoms with E-state index in [9.17, 15) is 55.1 Å². The van der Waals surface area contributed by atoms with Gasteiger partial charge in [-0.05, 0) is 29.3 Å². The van der Waals surface area contributed by atoms with Crippen LogP contribution in [0.5, 0.6) is 0 Å². The molecule has 0 aliphatic carbocycles. The van der Waals surface area contributed by atoms with Crippen molar-refractivity contribution in [1.82, 2.24) is 4.90 Å². The number of carbonyl (C=O) groups excluding carboxylic acids is 3. The summed E-state index contributed by atoms with van der Waals surface area (Å²) in [5.74, 6) is -2.88. The first-order valence-electron chi connectivity index (χ1n) is 16.5. The van der Waals surface area contributed by atoms with Crippen LogP contribution in [0.1, 0.15) is 30.0 Å². The van der Waals surface area contributed by atoms with Crippen LogP contribution >= 0.6 is 0 Å². The van der Waals surface area contributed by atoms with Gasteiger partial charge in [0.2, 0.25) is 5.91 Å². The molecule has 16 heteroatoms. The zero-order chi connectivity index (χ0) is 37.7. The Hall–Kier alpha value is -5.07. The van der Waals surface area contributed by atoms with Crippen LogP contribution < -0.4 is 10.2 Å². The minimum absolute atomic E-state index is 0.0191. The number of hydrogen-bond acceptors (Lipinski definition) is 12. The summed E-state index contributed by atoms with van der Waals surface area (Å²) in [6, 6.07) is 19.1. The lowest BCUT2D eigenvalue weighted by atomic mass is 9.82. The molecule has 16 nitrogen and oxygen atoms in total. The molecule has 0 unspecified atom stereocenters. The summed E-state index contributed by atoms with van der Waals surface area (Å²) >= 11 is 0. The van der Waals surface area contributed by atoms with Gasteiger partial charge in [-0.1, -0.05) is 61.5 Å². The molecule has 7 N–H and O–H groups in total. The van der Waals surface area contributed by atoms with Crippen LogP contribution in [0.4, 0.5) is 17.1 Å². The van der Waals surface area contributed by atoms with E-state index in [0.717, 1.165) is 11.6 Å². The number of aliphatic hydroxyl groups is 6. The minimum atomic E-state index is -2.23. The highest BCUT2D eigenvalue weighted by molar-refractivity contribution is 6.07. The summed E-state index contributed by atoms with van der Waals surface area (Å²) in [6.07, 6.45) is -6.09. The Morgan fingerprint density at radius 2 is 1.71 bits per heavy atom. The summed E-state index contributed by atoms with van der Waals surface area (Å²) in [4.78, 5) is 53.6. The van der Waals surface area contributed by atoms with Crippen LogP contribution in [-0.2, 0) is 37.8 Å². The molecule has 2 aliphatic heterocycles. The van der Waals surface area contributed by atoms with Crippen LogP contribution in [0.15, 0.2) is 84.9 Å². The molecule has 3 aromatic carbocycles. The predicted octanol–water partition coefficient (Wildman–Crippen LogP) is 0.671. The van der Waals surface area contributed by atoms with Gasteiger partial charge in [0, 0.05) is 48.8 Å². The largest absolute Gasteiger partial charge is 0.395 e. The third kappa shape index (κ3) is 7.88. The predicted molar refractivity (Wildman–Crippen MR) is 184 cm³/mol. The molecular formula is C36H40N4O12. The van der Waals surface area contributed by atoms with Crippen molar-refractivity contribution in [1.29, 1.82) is 0 Å². The van der Waals surface area contributed by atoms with Crippen molar-refractivity contribution in [2.24, 2.45) is 5.92 Å². The number of nitrogens with one attached hydrogen (secondary N) is 1. The van der Waals surface area contributed by atoms with Crippen LogP contribution in [-0.4, -0.2) is 102 Å². The zero-order valence-corrected chi connectivity index (χ0v) is 28.1. The van der Waals surface area contributed by atoms with Gasteiger partial charge in [0.15, 0.2) is 18.0 Å². The molecule has 7 atom stereocenters. The molecule has 0 saturated carbocycles. The zero-order valence-electron chi connectivity index (χ0n) is 28.1. The maximum Gasteiger partial charge on any atom is 0.269 e. The molecule has 0 bridgehead atoms. The highest BCUT2D eigenvalue weighted by Gasteiger charge is 2.53. The number of ether oxygens (including phenoxy) is 1. The molecule has 5 rings (SSSR count). The number of nitrogens with zero attached hydrogens (tertiary/aromatic N) is 3. The van der Waals surface area contributed by atoms with Gasteiger partial charge in [-0.3, -0.25) is 24.5 Å². The maximum absolute atomic E-state index is 14.0. The van der Waals surface area contributed by atoms with E-state index in [1.807, 2.05) is 30.3 Å². The Kier molecular flexibility index (Phi) is 11.8. The normalized spacial score (nSPS) is 24.8. The van der Waals surface area contributed by atoms with E-state index in [4.69, 9.17) is 4.74 Å². The fourth-order valence-electron chi connectivity index (χ4n) is 6.23. The number of aliphatic hydroxyl groups excluding tert-OH is 5. The van der Waals surface area contributed by atoms with Gasteiger partial charge in [-0.2, -0.15) is 0 Å². The first-order chi connectivity index (χ1) is 24.8. The van der Waals surface area contributed by atoms with Crippen LogP contribution in [0.2, 0.25) is 0 Å². The molecule has 276 valence electrons. The number of non-ortho nitro benzene ring substituents is 1. The average Bonchev–Trinajstić information content (AvgIpc) is 3.35. The lowest BCUT2D eigenvalue weighted by Crippen LogP contribution is -2.60. The Labute approximate surface area is 297 Å². The number of hydrogen-bond donors (Lipinski definition) is 7. The molecule has 0 spiro atoms. The minimum Gasteiger partial charge on any atom is -0.395 e. The number of nitro groups is 1. The standard InChI is InChI=1S/C36H40N4O12/c1-21(6-5-9-28(42)38(16-17-41)19-22-7-3-2-4-8-22)36(49)26-18-25(40(50)51)14-15-27(26)39(35(36)48)20-23-10-12-24(13-11-23)37-33(46)32-30(44)29(43)31(45)34(47)52-32/h2-8,10-15,18,21,29-32,34,41,43-45,47,49H,9,16-17,19-20H2,1H3,(H,37,46)/b6-5+/t21-,29+,30+,31-,32+,34-,36+/m1/s1. The number of anilines is 2. The second-order valence-corrected chi connectivity index (χ2v) is 12.7. The van der Waals surface area contributed by atoms with E-state index in [0.29, 0.717) is 5.56 Å². The van der Waals surface area contributed by atoms with Crippen molar-refractivity contribution in [2.75, 3.05) is 23.4 Å². The second-order valence-electron chi connectivity index (χ2n) is 12.7. The third-order valence-electron chi connectivity index (χ3n) is 9.19. The van der Waals surface area contributed by atoms with Gasteiger partial charge < -0.3 is 50.5 Å². The van der Waals surface area contributed by atoms with Gasteiger partial charge in [-0.15, -0.1) is 0 Å². The number of benzene rings is 3. The summed E-state index contributed by atoms with van der Waals surface area (Å²) in [5, 5.41) is 75.1. The fraction of sp³-hybridized carbons (Fsp3) is 0.361. The smallest absolute Gasteiger partial charge is 0.269 e. The molecule has 3 aromatic rings. The molecule has 2 aliphatic rings. The van der Waals surface area contributed by atoms with Crippen LogP contribution in [0.25, 0.3) is 0 Å². The molecule has 1 fully saturated rings. The van der Waals surface area contributed by atoms with E-state index in [2.05, 4.69) is 5.32 Å². The molecule has 0 radical (unpaired) electrons. The van der Waals surface area contributed by atoms with Gasteiger partial charge in [-0.25, -0.2) is 0 Å². The van der Waals surface area contributed by atoms with Crippen LogP contribution in [0.3, 0.4) is 0 Å². The van der Waals surface area contributed by atoms with E-state index in [1.54, 1.807) is 19.1 Å². The second kappa shape index (κ2) is 16.1. The van der Waals surface area contributed by atoms with Crippen molar-refractivity contribution in [3.63, 3.8) is 0 Å². The van der Waals surface area contributed by atoms with E-state index in [1.165, 1.54) is 46.2 Å². The van der Waals surface area contributed by atoms with Gasteiger partial charge in [0.1, 0.15) is 18.3 Å². The fourth-order valence-corrected chi connectivity index (χ4v) is 6.23. The average molecular weight is 721 g/mol. The van der Waals surface area contributed by atoms with Crippen molar-refractivity contribution in [3.8, 4) is 0 Å². The summed E-state index contributed by atoms with van der Waals surface area (Å²) in [7, 11) is 0. The maximum atomic E-state index is 14.0. The SMILES string of the molecule is C[C@H](/C=C/CC(=O)N(CCO)Cc1ccccc1)[C@@]1(O)C(=O)N(Cc2ccc(NC(=O)[C@H]3O[C@@H](O)[C@H](O)[C@@H](O)[C@@H]3O)cc2)c2ccc([N+](=O)[O-])cc21. The lowest BCUT2D eigenvalue weighted by molar-refractivity contribution is -0.385. The van der Waals surface area contributed by atoms with Crippen molar-refractivity contribution < 1.29 is 54.7 Å². The lowest BCUT2D eigenvalue weighted by Gasteiger charge is -2.37. The number of nitro benzene ring substituents is 1. The van der Waals surface area contributed by atoms with E-state index < -0.39 is 59.0 Å². The van der Waals surface area contributed by atoms with Crippen molar-refractivity contribution in [2.45, 2.75) is 62.7 Å². The Bertz CT molecular complexity index is 1810. The Morgan fingerprint density at radius 1 is 1.02 bits per heavy atom. The highest BCUT2D eigenvalue weighted by atomic mass is 16.6. The molecule has 1 saturated heterocycles. The quantitative estimate of drug-likeness (QED) is 0.0732. The first kappa shape index (κ1) is 38.2. The molecular weight excluding hydrogens is 680 g/mol. The van der Waals surface area contributed by atoms with Gasteiger partial charge in [0.25, 0.3) is 17.5 Å². The molecule has 2 heterocycles. The summed E-state index contributed by atoms with van der Waals surface area (Å²) < 4.78 is 4.95. The van der Waals surface area contributed by atoms with Gasteiger partial charge >= 0.3 is 0 Å². The number of carbonyl (C=O) groups is 3. The first-order valence-corrected chi connectivity index (χ1v) is 16.5. The summed E-state index contributed by atoms with van der Waals surface area (Å²) in [6.45, 7) is 1.63. The van der Waals surface area contributed by atoms with E-state index >= 15 is 0 Å². The van der Waals surface area contributed by atoms with Crippen LogP contribution in [0, 0.1) is 16.0 Å². The summed E-state index contributed by atoms with van der Waals surface area (Å²) in [5.41, 5.74) is -0.652. The Morgan fingerprint density at radius 3 is 2.37 bits per heavy atom. The van der Waals surface area contributed by atoms with E-state index in [-0.39, 0.29) is 61.2 Å².